The lowest BCUT2D eigenvalue weighted by atomic mass is 9.99. The van der Waals surface area contributed by atoms with Crippen molar-refractivity contribution in [3.05, 3.63) is 66.0 Å². The summed E-state index contributed by atoms with van der Waals surface area (Å²) in [7, 11) is 1.49. The number of nitrogens with one attached hydrogen (secondary N) is 1. The third-order valence-corrected chi connectivity index (χ3v) is 4.48. The number of ether oxygens (including phenoxy) is 1. The maximum absolute atomic E-state index is 12.4. The molecule has 6 nitrogen and oxygen atoms in total. The molecular formula is C21H22N2O4. The third kappa shape index (κ3) is 4.54. The number of phenolic OH excluding ortho intramolecular Hbond substituents is 1. The molecule has 0 fully saturated rings. The predicted molar refractivity (Wildman–Crippen MR) is 103 cm³/mol. The van der Waals surface area contributed by atoms with E-state index in [1.807, 2.05) is 18.2 Å². The lowest BCUT2D eigenvalue weighted by Crippen LogP contribution is -2.31. The summed E-state index contributed by atoms with van der Waals surface area (Å²) >= 11 is 0. The average molecular weight is 366 g/mol. The number of fused-ring (bicyclic) bond motifs is 1. The molecule has 2 aromatic carbocycles. The van der Waals surface area contributed by atoms with Gasteiger partial charge in [0.25, 0.3) is 5.91 Å². The molecule has 3 N–H and O–H groups in total. The highest BCUT2D eigenvalue weighted by Gasteiger charge is 2.13. The zero-order chi connectivity index (χ0) is 19.2. The van der Waals surface area contributed by atoms with Gasteiger partial charge in [-0.05, 0) is 47.7 Å². The number of carbonyl (C=O) groups is 1. The zero-order valence-corrected chi connectivity index (χ0v) is 15.1. The first-order valence-electron chi connectivity index (χ1n) is 8.69. The zero-order valence-electron chi connectivity index (χ0n) is 15.1. The van der Waals surface area contributed by atoms with E-state index in [1.54, 1.807) is 36.7 Å². The van der Waals surface area contributed by atoms with Gasteiger partial charge in [0.05, 0.1) is 7.11 Å². The molecular weight excluding hydrogens is 344 g/mol. The Morgan fingerprint density at radius 2 is 2.04 bits per heavy atom. The summed E-state index contributed by atoms with van der Waals surface area (Å²) < 4.78 is 5.03. The minimum absolute atomic E-state index is 0.0560. The first kappa shape index (κ1) is 18.7. The molecule has 0 spiro atoms. The van der Waals surface area contributed by atoms with Crippen LogP contribution in [0.25, 0.3) is 10.8 Å². The van der Waals surface area contributed by atoms with Gasteiger partial charge < -0.3 is 20.3 Å². The number of methoxy groups -OCH3 is 1. The van der Waals surface area contributed by atoms with E-state index in [9.17, 15) is 15.0 Å². The highest BCUT2D eigenvalue weighted by Crippen LogP contribution is 2.27. The van der Waals surface area contributed by atoms with E-state index >= 15 is 0 Å². The second-order valence-corrected chi connectivity index (χ2v) is 6.41. The summed E-state index contributed by atoms with van der Waals surface area (Å²) in [5.74, 6) is 0.0968. The number of nitrogens with zero attached hydrogens (tertiary/aromatic N) is 1. The van der Waals surface area contributed by atoms with Gasteiger partial charge in [-0.1, -0.05) is 12.1 Å². The molecule has 3 aromatic rings. The van der Waals surface area contributed by atoms with Gasteiger partial charge in [-0.15, -0.1) is 0 Å². The molecule has 0 saturated heterocycles. The Morgan fingerprint density at radius 3 is 2.78 bits per heavy atom. The van der Waals surface area contributed by atoms with Gasteiger partial charge in [0.2, 0.25) is 0 Å². The molecule has 27 heavy (non-hydrogen) atoms. The second-order valence-electron chi connectivity index (χ2n) is 6.41. The lowest BCUT2D eigenvalue weighted by molar-refractivity contribution is 0.0940. The minimum Gasteiger partial charge on any atom is -0.504 e. The molecule has 0 aliphatic carbocycles. The van der Waals surface area contributed by atoms with Crippen LogP contribution < -0.4 is 10.1 Å². The largest absolute Gasteiger partial charge is 0.504 e. The van der Waals surface area contributed by atoms with Gasteiger partial charge in [0, 0.05) is 42.4 Å². The molecule has 1 atom stereocenters. The highest BCUT2D eigenvalue weighted by molar-refractivity contribution is 5.98. The van der Waals surface area contributed by atoms with Crippen LogP contribution in [0.15, 0.2) is 54.9 Å². The molecule has 0 radical (unpaired) electrons. The summed E-state index contributed by atoms with van der Waals surface area (Å²) in [4.78, 5) is 16.5. The van der Waals surface area contributed by atoms with Gasteiger partial charge in [-0.2, -0.15) is 0 Å². The molecule has 6 heteroatoms. The van der Waals surface area contributed by atoms with E-state index < -0.39 is 0 Å². The Bertz CT molecular complexity index is 942. The van der Waals surface area contributed by atoms with Crippen molar-refractivity contribution in [1.29, 1.82) is 0 Å². The van der Waals surface area contributed by atoms with Crippen LogP contribution in [0.3, 0.4) is 0 Å². The number of rotatable bonds is 7. The quantitative estimate of drug-likeness (QED) is 0.598. The van der Waals surface area contributed by atoms with Crippen molar-refractivity contribution in [2.75, 3.05) is 20.3 Å². The number of carbonyl (C=O) groups excluding carboxylic acids is 1. The molecule has 1 heterocycles. The van der Waals surface area contributed by atoms with Crippen molar-refractivity contribution in [3.63, 3.8) is 0 Å². The number of aliphatic hydroxyl groups is 1. The van der Waals surface area contributed by atoms with E-state index in [0.717, 1.165) is 16.3 Å². The molecule has 1 amide bonds. The van der Waals surface area contributed by atoms with Crippen LogP contribution in [0.5, 0.6) is 11.5 Å². The van der Waals surface area contributed by atoms with E-state index in [0.29, 0.717) is 24.3 Å². The Morgan fingerprint density at radius 1 is 1.19 bits per heavy atom. The fraction of sp³-hybridized carbons (Fsp3) is 0.238. The number of aromatic hydroxyl groups is 1. The number of hydrogen-bond donors (Lipinski definition) is 3. The fourth-order valence-corrected chi connectivity index (χ4v) is 2.96. The van der Waals surface area contributed by atoms with Gasteiger partial charge in [0.15, 0.2) is 11.5 Å². The first-order valence-corrected chi connectivity index (χ1v) is 8.69. The van der Waals surface area contributed by atoms with Gasteiger partial charge in [-0.3, -0.25) is 9.78 Å². The predicted octanol–water partition coefficient (Wildman–Crippen LogP) is 2.53. The maximum atomic E-state index is 12.4. The number of aliphatic hydroxyl groups excluding tert-OH is 1. The second kappa shape index (κ2) is 8.51. The van der Waals surface area contributed by atoms with Gasteiger partial charge in [0.1, 0.15) is 0 Å². The highest BCUT2D eigenvalue weighted by atomic mass is 16.5. The van der Waals surface area contributed by atoms with Crippen molar-refractivity contribution >= 4 is 16.7 Å². The molecule has 0 saturated carbocycles. The molecule has 0 bridgehead atoms. The lowest BCUT2D eigenvalue weighted by Gasteiger charge is -2.16. The van der Waals surface area contributed by atoms with Gasteiger partial charge in [-0.25, -0.2) is 0 Å². The van der Waals surface area contributed by atoms with Crippen LogP contribution in [0.4, 0.5) is 0 Å². The van der Waals surface area contributed by atoms with Crippen LogP contribution >= 0.6 is 0 Å². The Balaban J connectivity index is 1.62. The third-order valence-electron chi connectivity index (χ3n) is 4.48. The number of phenols is 1. The SMILES string of the molecule is COc1ccc(CC(CO)CNC(=O)c2ccc3ccncc3c2)cc1O. The number of pyridine rings is 1. The standard InChI is InChI=1S/C21H22N2O4/c1-27-20-5-2-14(9-19(20)25)8-15(13-24)11-23-21(26)17-4-3-16-6-7-22-12-18(16)10-17/h2-7,9-10,12,15,24-25H,8,11,13H2,1H3,(H,23,26). The Labute approximate surface area is 157 Å². The fourth-order valence-electron chi connectivity index (χ4n) is 2.96. The molecule has 3 rings (SSSR count). The summed E-state index contributed by atoms with van der Waals surface area (Å²) in [6.07, 6.45) is 3.96. The summed E-state index contributed by atoms with van der Waals surface area (Å²) in [6, 6.07) is 12.5. The number of aromatic nitrogens is 1. The first-order chi connectivity index (χ1) is 13.1. The molecule has 1 unspecified atom stereocenters. The van der Waals surface area contributed by atoms with Crippen molar-refractivity contribution in [3.8, 4) is 11.5 Å². The van der Waals surface area contributed by atoms with Crippen molar-refractivity contribution < 1.29 is 19.7 Å². The normalized spacial score (nSPS) is 11.9. The minimum atomic E-state index is -0.197. The Hall–Kier alpha value is -3.12. The number of hydrogen-bond acceptors (Lipinski definition) is 5. The van der Waals surface area contributed by atoms with E-state index in [4.69, 9.17) is 4.74 Å². The van der Waals surface area contributed by atoms with Crippen LogP contribution in [-0.4, -0.2) is 41.4 Å². The van der Waals surface area contributed by atoms with Crippen molar-refractivity contribution in [2.45, 2.75) is 6.42 Å². The van der Waals surface area contributed by atoms with E-state index in [1.165, 1.54) is 7.11 Å². The Kier molecular flexibility index (Phi) is 5.88. The van der Waals surface area contributed by atoms with Crippen LogP contribution in [0.1, 0.15) is 15.9 Å². The maximum Gasteiger partial charge on any atom is 0.251 e. The van der Waals surface area contributed by atoms with Crippen molar-refractivity contribution in [2.24, 2.45) is 5.92 Å². The molecule has 0 aliphatic rings. The van der Waals surface area contributed by atoms with E-state index in [2.05, 4.69) is 10.3 Å². The molecule has 0 aliphatic heterocycles. The van der Waals surface area contributed by atoms with Gasteiger partial charge >= 0.3 is 0 Å². The van der Waals surface area contributed by atoms with E-state index in [-0.39, 0.29) is 24.2 Å². The smallest absolute Gasteiger partial charge is 0.251 e. The van der Waals surface area contributed by atoms with Crippen molar-refractivity contribution in [1.82, 2.24) is 10.3 Å². The van der Waals surface area contributed by atoms with Crippen LogP contribution in [-0.2, 0) is 6.42 Å². The van der Waals surface area contributed by atoms with Crippen LogP contribution in [0.2, 0.25) is 0 Å². The number of amides is 1. The summed E-state index contributed by atoms with van der Waals surface area (Å²) in [5, 5.41) is 24.3. The summed E-state index contributed by atoms with van der Waals surface area (Å²) in [6.45, 7) is 0.252. The topological polar surface area (TPSA) is 91.7 Å². The average Bonchev–Trinajstić information content (AvgIpc) is 2.70. The summed E-state index contributed by atoms with van der Waals surface area (Å²) in [5.41, 5.74) is 1.41. The van der Waals surface area contributed by atoms with Crippen LogP contribution in [0, 0.1) is 5.92 Å². The number of benzene rings is 2. The molecule has 140 valence electrons. The monoisotopic (exact) mass is 366 g/mol. The molecule has 1 aromatic heterocycles.